The molecule has 0 spiro atoms. The van der Waals surface area contributed by atoms with Gasteiger partial charge in [0.15, 0.2) is 5.82 Å². The van der Waals surface area contributed by atoms with Gasteiger partial charge in [-0.3, -0.25) is 0 Å². The van der Waals surface area contributed by atoms with Crippen LogP contribution in [0.15, 0.2) is 30.3 Å². The molecule has 3 N–H and O–H groups in total. The molecule has 0 saturated heterocycles. The van der Waals surface area contributed by atoms with Gasteiger partial charge in [0.2, 0.25) is 0 Å². The van der Waals surface area contributed by atoms with Crippen molar-refractivity contribution in [2.75, 3.05) is 18.2 Å². The van der Waals surface area contributed by atoms with Crippen molar-refractivity contribution < 1.29 is 9.13 Å². The van der Waals surface area contributed by atoms with Gasteiger partial charge in [-0.15, -0.1) is 0 Å². The SMILES string of the molecule is COc1cc(N)cc(Nc2cc(Cl)c(F)c(Cl)c2)c1. The van der Waals surface area contributed by atoms with E-state index in [1.807, 2.05) is 0 Å². The summed E-state index contributed by atoms with van der Waals surface area (Å²) in [7, 11) is 1.55. The molecular weight excluding hydrogens is 290 g/mol. The number of nitrogens with two attached hydrogens (primary N) is 1. The Balaban J connectivity index is 2.33. The Kier molecular flexibility index (Phi) is 4.02. The van der Waals surface area contributed by atoms with Crippen molar-refractivity contribution in [1.82, 2.24) is 0 Å². The van der Waals surface area contributed by atoms with Crippen LogP contribution in [0.25, 0.3) is 0 Å². The van der Waals surface area contributed by atoms with E-state index in [0.29, 0.717) is 22.8 Å². The van der Waals surface area contributed by atoms with E-state index in [-0.39, 0.29) is 10.0 Å². The van der Waals surface area contributed by atoms with Gasteiger partial charge in [0.05, 0.1) is 17.2 Å². The van der Waals surface area contributed by atoms with Crippen LogP contribution >= 0.6 is 23.2 Å². The highest BCUT2D eigenvalue weighted by molar-refractivity contribution is 6.35. The van der Waals surface area contributed by atoms with E-state index in [1.165, 1.54) is 12.1 Å². The molecule has 19 heavy (non-hydrogen) atoms. The summed E-state index contributed by atoms with van der Waals surface area (Å²) in [5.74, 6) is -0.0270. The summed E-state index contributed by atoms with van der Waals surface area (Å²) in [5.41, 5.74) is 7.53. The third-order valence-electron chi connectivity index (χ3n) is 2.44. The maximum absolute atomic E-state index is 13.3. The van der Waals surface area contributed by atoms with E-state index in [0.717, 1.165) is 0 Å². The van der Waals surface area contributed by atoms with Crippen LogP contribution in [0.4, 0.5) is 21.5 Å². The van der Waals surface area contributed by atoms with E-state index in [9.17, 15) is 4.39 Å². The standard InChI is InChI=1S/C13H11Cl2FN2O/c1-19-10-3-7(17)2-8(4-10)18-9-5-11(14)13(16)12(15)6-9/h2-6,18H,17H2,1H3. The van der Waals surface area contributed by atoms with Gasteiger partial charge in [-0.25, -0.2) is 4.39 Å². The van der Waals surface area contributed by atoms with E-state index in [2.05, 4.69) is 5.32 Å². The van der Waals surface area contributed by atoms with Gasteiger partial charge in [0.1, 0.15) is 5.75 Å². The first-order valence-electron chi connectivity index (χ1n) is 5.35. The summed E-state index contributed by atoms with van der Waals surface area (Å²) in [4.78, 5) is 0. The van der Waals surface area contributed by atoms with Gasteiger partial charge in [-0.2, -0.15) is 0 Å². The largest absolute Gasteiger partial charge is 0.497 e. The minimum atomic E-state index is -0.640. The fraction of sp³-hybridized carbons (Fsp3) is 0.0769. The van der Waals surface area contributed by atoms with Crippen LogP contribution in [0.2, 0.25) is 10.0 Å². The number of hydrogen-bond donors (Lipinski definition) is 2. The van der Waals surface area contributed by atoms with E-state index in [1.54, 1.807) is 25.3 Å². The van der Waals surface area contributed by atoms with Crippen molar-refractivity contribution in [2.45, 2.75) is 0 Å². The van der Waals surface area contributed by atoms with Crippen molar-refractivity contribution in [2.24, 2.45) is 0 Å². The van der Waals surface area contributed by atoms with Crippen LogP contribution in [-0.2, 0) is 0 Å². The van der Waals surface area contributed by atoms with Gasteiger partial charge < -0.3 is 15.8 Å². The Hall–Kier alpha value is -1.65. The second kappa shape index (κ2) is 5.55. The predicted octanol–water partition coefficient (Wildman–Crippen LogP) is 4.47. The molecule has 2 aromatic carbocycles. The van der Waals surface area contributed by atoms with Gasteiger partial charge in [0, 0.05) is 29.2 Å². The van der Waals surface area contributed by atoms with Crippen LogP contribution < -0.4 is 15.8 Å². The highest BCUT2D eigenvalue weighted by Gasteiger charge is 2.08. The molecule has 0 bridgehead atoms. The summed E-state index contributed by atoms with van der Waals surface area (Å²) in [6.45, 7) is 0. The lowest BCUT2D eigenvalue weighted by atomic mass is 10.2. The molecule has 3 nitrogen and oxygen atoms in total. The van der Waals surface area contributed by atoms with Crippen LogP contribution in [0, 0.1) is 5.82 Å². The number of halogens is 3. The van der Waals surface area contributed by atoms with Crippen molar-refractivity contribution >= 4 is 40.3 Å². The molecule has 2 aromatic rings. The number of nitrogen functional groups attached to an aromatic ring is 1. The molecule has 0 aliphatic rings. The molecule has 0 aliphatic carbocycles. The smallest absolute Gasteiger partial charge is 0.160 e. The highest BCUT2D eigenvalue weighted by atomic mass is 35.5. The fourth-order valence-corrected chi connectivity index (χ4v) is 2.09. The zero-order valence-electron chi connectivity index (χ0n) is 10.0. The maximum atomic E-state index is 13.3. The summed E-state index contributed by atoms with van der Waals surface area (Å²) < 4.78 is 18.4. The summed E-state index contributed by atoms with van der Waals surface area (Å²) in [6.07, 6.45) is 0. The zero-order chi connectivity index (χ0) is 14.0. The molecule has 0 aliphatic heterocycles. The van der Waals surface area contributed by atoms with Crippen LogP contribution in [-0.4, -0.2) is 7.11 Å². The van der Waals surface area contributed by atoms with Gasteiger partial charge >= 0.3 is 0 Å². The number of nitrogens with one attached hydrogen (secondary N) is 1. The number of rotatable bonds is 3. The van der Waals surface area contributed by atoms with Gasteiger partial charge in [-0.1, -0.05) is 23.2 Å². The predicted molar refractivity (Wildman–Crippen MR) is 77.1 cm³/mol. The minimum absolute atomic E-state index is 0.0501. The van der Waals surface area contributed by atoms with Crippen molar-refractivity contribution in [3.8, 4) is 5.75 Å². The lowest BCUT2D eigenvalue weighted by Crippen LogP contribution is -1.95. The van der Waals surface area contributed by atoms with Crippen molar-refractivity contribution in [3.05, 3.63) is 46.2 Å². The Labute approximate surface area is 120 Å². The molecule has 0 atom stereocenters. The Morgan fingerprint density at radius 2 is 1.63 bits per heavy atom. The monoisotopic (exact) mass is 300 g/mol. The number of hydrogen-bond acceptors (Lipinski definition) is 3. The van der Waals surface area contributed by atoms with Crippen molar-refractivity contribution in [3.63, 3.8) is 0 Å². The highest BCUT2D eigenvalue weighted by Crippen LogP contribution is 2.30. The summed E-state index contributed by atoms with van der Waals surface area (Å²) in [6, 6.07) is 8.04. The average molecular weight is 301 g/mol. The summed E-state index contributed by atoms with van der Waals surface area (Å²) >= 11 is 11.5. The number of methoxy groups -OCH3 is 1. The summed E-state index contributed by atoms with van der Waals surface area (Å²) in [5, 5.41) is 2.93. The molecule has 0 fully saturated rings. The third-order valence-corrected chi connectivity index (χ3v) is 2.99. The Morgan fingerprint density at radius 3 is 2.21 bits per heavy atom. The molecule has 0 radical (unpaired) electrons. The normalized spacial score (nSPS) is 10.3. The maximum Gasteiger partial charge on any atom is 0.160 e. The van der Waals surface area contributed by atoms with E-state index in [4.69, 9.17) is 33.7 Å². The zero-order valence-corrected chi connectivity index (χ0v) is 11.5. The molecule has 0 aromatic heterocycles. The number of benzene rings is 2. The second-order valence-corrected chi connectivity index (χ2v) is 4.69. The van der Waals surface area contributed by atoms with E-state index < -0.39 is 5.82 Å². The first-order valence-corrected chi connectivity index (χ1v) is 6.11. The molecule has 100 valence electrons. The molecule has 2 rings (SSSR count). The van der Waals surface area contributed by atoms with Crippen LogP contribution in [0.1, 0.15) is 0 Å². The third kappa shape index (κ3) is 3.22. The van der Waals surface area contributed by atoms with Gasteiger partial charge in [0.25, 0.3) is 0 Å². The molecule has 0 amide bonds. The Bertz CT molecular complexity index is 597. The second-order valence-electron chi connectivity index (χ2n) is 3.87. The van der Waals surface area contributed by atoms with Gasteiger partial charge in [-0.05, 0) is 18.2 Å². The van der Waals surface area contributed by atoms with E-state index >= 15 is 0 Å². The molecule has 0 unspecified atom stereocenters. The number of anilines is 3. The van der Waals surface area contributed by atoms with Crippen LogP contribution in [0.5, 0.6) is 5.75 Å². The Morgan fingerprint density at radius 1 is 1.05 bits per heavy atom. The van der Waals surface area contributed by atoms with Crippen molar-refractivity contribution in [1.29, 1.82) is 0 Å². The topological polar surface area (TPSA) is 47.3 Å². The lowest BCUT2D eigenvalue weighted by Gasteiger charge is -2.10. The first kappa shape index (κ1) is 13.8. The van der Waals surface area contributed by atoms with Crippen LogP contribution in [0.3, 0.4) is 0 Å². The molecule has 0 saturated carbocycles. The quantitative estimate of drug-likeness (QED) is 0.649. The fourth-order valence-electron chi connectivity index (χ4n) is 1.61. The number of ether oxygens (including phenoxy) is 1. The molecule has 0 heterocycles. The average Bonchev–Trinajstić information content (AvgIpc) is 2.35. The first-order chi connectivity index (χ1) is 8.99. The minimum Gasteiger partial charge on any atom is -0.497 e. The lowest BCUT2D eigenvalue weighted by molar-refractivity contribution is 0.415. The molecular formula is C13H11Cl2FN2O. The molecule has 6 heteroatoms.